The number of nitrogens with zero attached hydrogens (tertiary/aromatic N) is 1. The van der Waals surface area contributed by atoms with Crippen molar-refractivity contribution in [1.29, 1.82) is 0 Å². The topological polar surface area (TPSA) is 25.6 Å². The number of furan rings is 1. The van der Waals surface area contributed by atoms with Gasteiger partial charge in [0.1, 0.15) is 0 Å². The number of rotatable bonds is 5. The van der Waals surface area contributed by atoms with Crippen molar-refractivity contribution in [2.75, 3.05) is 26.2 Å². The lowest BCUT2D eigenvalue weighted by Gasteiger charge is -2.61. The van der Waals surface area contributed by atoms with Gasteiger partial charge in [-0.1, -0.05) is 13.8 Å². The fraction of sp³-hybridized carbons (Fsp3) is 0.862. The Labute approximate surface area is 195 Å². The second kappa shape index (κ2) is 8.45. The van der Waals surface area contributed by atoms with Gasteiger partial charge in [-0.05, 0) is 136 Å². The Balaban J connectivity index is 1.10. The van der Waals surface area contributed by atoms with Gasteiger partial charge in [0.15, 0.2) is 0 Å². The molecule has 0 N–H and O–H groups in total. The Bertz CT molecular complexity index is 770. The molecule has 4 saturated carbocycles. The molecule has 0 radical (unpaired) electrons. The first-order chi connectivity index (χ1) is 15.6. The zero-order valence-corrected chi connectivity index (χ0v) is 20.6. The quantitative estimate of drug-likeness (QED) is 0.500. The minimum Gasteiger partial charge on any atom is -0.472 e. The highest BCUT2D eigenvalue weighted by atomic mass is 16.5. The van der Waals surface area contributed by atoms with E-state index in [2.05, 4.69) is 24.8 Å². The highest BCUT2D eigenvalue weighted by Crippen LogP contribution is 2.69. The lowest BCUT2D eigenvalue weighted by Crippen LogP contribution is -2.54. The van der Waals surface area contributed by atoms with Crippen LogP contribution in [0.25, 0.3) is 0 Å². The molecule has 2 heterocycles. The van der Waals surface area contributed by atoms with Crippen LogP contribution in [0, 0.1) is 34.5 Å². The number of fused-ring (bicyclic) bond motifs is 5. The van der Waals surface area contributed by atoms with E-state index in [9.17, 15) is 0 Å². The third-order valence-electron chi connectivity index (χ3n) is 11.5. The number of likely N-dealkylation sites (tertiary alicyclic amines) is 1. The van der Waals surface area contributed by atoms with Crippen molar-refractivity contribution in [3.05, 3.63) is 24.2 Å². The van der Waals surface area contributed by atoms with Gasteiger partial charge in [-0.2, -0.15) is 0 Å². The van der Waals surface area contributed by atoms with E-state index in [0.29, 0.717) is 16.9 Å². The molecule has 0 bridgehead atoms. The first kappa shape index (κ1) is 21.7. The maximum absolute atomic E-state index is 6.47. The summed E-state index contributed by atoms with van der Waals surface area (Å²) >= 11 is 0. The van der Waals surface area contributed by atoms with E-state index in [1.165, 1.54) is 89.3 Å². The molecule has 178 valence electrons. The molecule has 4 aliphatic carbocycles. The van der Waals surface area contributed by atoms with Crippen molar-refractivity contribution >= 4 is 0 Å². The molecular formula is C29H45NO2. The van der Waals surface area contributed by atoms with Gasteiger partial charge < -0.3 is 14.1 Å². The van der Waals surface area contributed by atoms with E-state index in [4.69, 9.17) is 9.15 Å². The van der Waals surface area contributed by atoms with Gasteiger partial charge in [0, 0.05) is 6.54 Å². The summed E-state index contributed by atoms with van der Waals surface area (Å²) < 4.78 is 12.0. The van der Waals surface area contributed by atoms with Gasteiger partial charge in [0.25, 0.3) is 0 Å². The van der Waals surface area contributed by atoms with Crippen molar-refractivity contribution in [3.63, 3.8) is 0 Å². The monoisotopic (exact) mass is 439 g/mol. The van der Waals surface area contributed by atoms with Crippen LogP contribution in [0.1, 0.15) is 96.0 Å². The highest BCUT2D eigenvalue weighted by molar-refractivity contribution is 5.22. The fourth-order valence-corrected chi connectivity index (χ4v) is 9.75. The van der Waals surface area contributed by atoms with E-state index < -0.39 is 0 Å². The zero-order chi connectivity index (χ0) is 21.8. The Morgan fingerprint density at radius 2 is 1.78 bits per heavy atom. The van der Waals surface area contributed by atoms with Crippen LogP contribution in [-0.2, 0) is 4.74 Å². The van der Waals surface area contributed by atoms with Gasteiger partial charge in [-0.15, -0.1) is 0 Å². The minimum absolute atomic E-state index is 0.490. The molecule has 6 rings (SSSR count). The van der Waals surface area contributed by atoms with Crippen LogP contribution in [0.2, 0.25) is 0 Å². The van der Waals surface area contributed by atoms with Crippen LogP contribution >= 0.6 is 0 Å². The molecular weight excluding hydrogens is 394 g/mol. The van der Waals surface area contributed by atoms with E-state index in [1.807, 2.05) is 12.5 Å². The highest BCUT2D eigenvalue weighted by Gasteiger charge is 2.60. The van der Waals surface area contributed by atoms with Crippen molar-refractivity contribution < 1.29 is 9.15 Å². The maximum Gasteiger partial charge on any atom is 0.0937 e. The molecule has 0 aromatic carbocycles. The maximum atomic E-state index is 6.47. The minimum atomic E-state index is 0.490. The van der Waals surface area contributed by atoms with Crippen LogP contribution in [0.4, 0.5) is 0 Å². The summed E-state index contributed by atoms with van der Waals surface area (Å²) in [5, 5.41) is 0. The van der Waals surface area contributed by atoms with Crippen LogP contribution in [0.3, 0.4) is 0 Å². The molecule has 8 atom stereocenters. The molecule has 0 amide bonds. The summed E-state index contributed by atoms with van der Waals surface area (Å²) in [6, 6.07) is 2.24. The predicted octanol–water partition coefficient (Wildman–Crippen LogP) is 6.89. The van der Waals surface area contributed by atoms with E-state index in [-0.39, 0.29) is 0 Å². The molecule has 5 fully saturated rings. The average Bonchev–Trinajstić information content (AvgIpc) is 3.54. The molecule has 0 unspecified atom stereocenters. The van der Waals surface area contributed by atoms with Crippen molar-refractivity contribution in [3.8, 4) is 0 Å². The van der Waals surface area contributed by atoms with Crippen LogP contribution in [0.5, 0.6) is 0 Å². The second-order valence-corrected chi connectivity index (χ2v) is 12.7. The smallest absolute Gasteiger partial charge is 0.0937 e. The molecule has 1 aliphatic heterocycles. The van der Waals surface area contributed by atoms with Crippen molar-refractivity contribution in [2.24, 2.45) is 34.5 Å². The first-order valence-corrected chi connectivity index (χ1v) is 13.9. The molecule has 5 aliphatic rings. The number of hydrogen-bond donors (Lipinski definition) is 0. The summed E-state index contributed by atoms with van der Waals surface area (Å²) in [6.07, 6.45) is 19.9. The molecule has 3 nitrogen and oxygen atoms in total. The van der Waals surface area contributed by atoms with Gasteiger partial charge in [0.2, 0.25) is 0 Å². The Morgan fingerprint density at radius 1 is 0.969 bits per heavy atom. The summed E-state index contributed by atoms with van der Waals surface area (Å²) in [5.41, 5.74) is 2.52. The lowest BCUT2D eigenvalue weighted by molar-refractivity contribution is -0.132. The Morgan fingerprint density at radius 3 is 2.59 bits per heavy atom. The van der Waals surface area contributed by atoms with Crippen molar-refractivity contribution in [2.45, 2.75) is 96.5 Å². The third kappa shape index (κ3) is 3.52. The van der Waals surface area contributed by atoms with Gasteiger partial charge in [-0.25, -0.2) is 0 Å². The molecule has 32 heavy (non-hydrogen) atoms. The van der Waals surface area contributed by atoms with Crippen molar-refractivity contribution in [1.82, 2.24) is 4.90 Å². The van der Waals surface area contributed by atoms with Gasteiger partial charge in [0.05, 0.1) is 25.2 Å². The van der Waals surface area contributed by atoms with E-state index >= 15 is 0 Å². The first-order valence-electron chi connectivity index (χ1n) is 13.9. The molecule has 1 aromatic heterocycles. The van der Waals surface area contributed by atoms with E-state index in [0.717, 1.165) is 42.7 Å². The lowest BCUT2D eigenvalue weighted by atomic mass is 9.44. The summed E-state index contributed by atoms with van der Waals surface area (Å²) in [5.74, 6) is 4.45. The summed E-state index contributed by atoms with van der Waals surface area (Å²) in [4.78, 5) is 2.59. The molecule has 1 aromatic rings. The largest absolute Gasteiger partial charge is 0.472 e. The van der Waals surface area contributed by atoms with E-state index in [1.54, 1.807) is 0 Å². The second-order valence-electron chi connectivity index (χ2n) is 12.7. The molecule has 1 saturated heterocycles. The number of hydrogen-bond acceptors (Lipinski definition) is 3. The average molecular weight is 440 g/mol. The Hall–Kier alpha value is -0.800. The SMILES string of the molecule is C[C@]12CC[C@H](OCCN3CCCC3)C[C@H]1CC[C@H]1[C@H]3CC[C@H](c4ccoc4)[C@@]3(C)CC[C@@H]12. The number of ether oxygens (including phenoxy) is 1. The molecule has 0 spiro atoms. The normalized spacial score (nSPS) is 46.6. The van der Waals surface area contributed by atoms with Crippen LogP contribution < -0.4 is 0 Å². The van der Waals surface area contributed by atoms with Gasteiger partial charge >= 0.3 is 0 Å². The fourth-order valence-electron chi connectivity index (χ4n) is 9.75. The molecule has 3 heteroatoms. The van der Waals surface area contributed by atoms with Crippen LogP contribution in [0.15, 0.2) is 23.0 Å². The summed E-state index contributed by atoms with van der Waals surface area (Å²) in [6.45, 7) is 10.0. The summed E-state index contributed by atoms with van der Waals surface area (Å²) in [7, 11) is 0. The predicted molar refractivity (Wildman–Crippen MR) is 129 cm³/mol. The standard InChI is InChI=1S/C29H45NO2/c1-28-12-9-23(32-18-16-30-14-3-4-15-30)19-22(28)5-6-24-26-8-7-25(21-11-17-31-20-21)29(26,2)13-10-27(24)28/h11,17,20,22-27H,3-10,12-16,18-19H2,1-2H3/t22-,23+,24+,25-,26-,27+,28+,29-/m1/s1. The van der Waals surface area contributed by atoms with Crippen LogP contribution in [-0.4, -0.2) is 37.2 Å². The van der Waals surface area contributed by atoms with Gasteiger partial charge in [-0.3, -0.25) is 0 Å². The third-order valence-corrected chi connectivity index (χ3v) is 11.5. The Kier molecular flexibility index (Phi) is 5.73. The zero-order valence-electron chi connectivity index (χ0n) is 20.6.